The number of carbonyl (C=O) groups excluding carboxylic acids is 3. The summed E-state index contributed by atoms with van der Waals surface area (Å²) in [4.78, 5) is 37.5. The summed E-state index contributed by atoms with van der Waals surface area (Å²) in [5.41, 5.74) is 2.57. The van der Waals surface area contributed by atoms with E-state index < -0.39 is 0 Å². The second-order valence-corrected chi connectivity index (χ2v) is 7.41. The number of carbonyl (C=O) groups is 3. The quantitative estimate of drug-likeness (QED) is 0.638. The van der Waals surface area contributed by atoms with Gasteiger partial charge in [-0.25, -0.2) is 0 Å². The van der Waals surface area contributed by atoms with Gasteiger partial charge in [-0.15, -0.1) is 0 Å². The Morgan fingerprint density at radius 2 is 1.45 bits per heavy atom. The van der Waals surface area contributed by atoms with Crippen LogP contribution in [0.25, 0.3) is 0 Å². The van der Waals surface area contributed by atoms with E-state index in [0.29, 0.717) is 35.0 Å². The van der Waals surface area contributed by atoms with Crippen LogP contribution in [-0.2, 0) is 9.59 Å². The third-order valence-corrected chi connectivity index (χ3v) is 4.01. The third kappa shape index (κ3) is 7.29. The fourth-order valence-corrected chi connectivity index (χ4v) is 2.63. The number of amides is 3. The highest BCUT2D eigenvalue weighted by Crippen LogP contribution is 2.15. The first-order valence-electron chi connectivity index (χ1n) is 9.50. The highest BCUT2D eigenvalue weighted by molar-refractivity contribution is 5.96. The maximum Gasteiger partial charge on any atom is 0.253 e. The second-order valence-electron chi connectivity index (χ2n) is 7.41. The Balaban J connectivity index is 1.86. The van der Waals surface area contributed by atoms with E-state index in [9.17, 15) is 14.4 Å². The zero-order valence-electron chi connectivity index (χ0n) is 17.3. The van der Waals surface area contributed by atoms with Gasteiger partial charge in [-0.3, -0.25) is 14.4 Å². The molecule has 3 amide bonds. The van der Waals surface area contributed by atoms with Crippen LogP contribution in [0, 0.1) is 5.92 Å². The van der Waals surface area contributed by atoms with Crippen LogP contribution in [0.5, 0.6) is 0 Å². The monoisotopic (exact) mass is 396 g/mol. The zero-order valence-corrected chi connectivity index (χ0v) is 17.3. The Bertz CT molecular complexity index is 861. The Hall–Kier alpha value is -3.35. The molecule has 0 saturated carbocycles. The summed E-state index contributed by atoms with van der Waals surface area (Å²) < 4.78 is 0. The maximum atomic E-state index is 12.2. The van der Waals surface area contributed by atoms with E-state index in [2.05, 4.69) is 16.0 Å². The predicted molar refractivity (Wildman–Crippen MR) is 116 cm³/mol. The molecule has 29 heavy (non-hydrogen) atoms. The molecule has 0 aliphatic carbocycles. The summed E-state index contributed by atoms with van der Waals surface area (Å²) in [5.74, 6) is -0.0525. The van der Waals surface area contributed by atoms with Crippen molar-refractivity contribution in [2.24, 2.45) is 5.92 Å². The van der Waals surface area contributed by atoms with Crippen LogP contribution >= 0.6 is 0 Å². The SMILES string of the molecule is CC(C)CC(=O)Nc1ccc(NC(=O)CNc2cccc(C(=O)N(C)C)c2)cc1. The van der Waals surface area contributed by atoms with Crippen molar-refractivity contribution in [1.29, 1.82) is 0 Å². The van der Waals surface area contributed by atoms with E-state index in [1.54, 1.807) is 62.6 Å². The average molecular weight is 396 g/mol. The van der Waals surface area contributed by atoms with E-state index in [-0.39, 0.29) is 24.3 Å². The average Bonchev–Trinajstić information content (AvgIpc) is 2.67. The fourth-order valence-electron chi connectivity index (χ4n) is 2.63. The summed E-state index contributed by atoms with van der Waals surface area (Å²) in [6, 6.07) is 14.0. The fraction of sp³-hybridized carbons (Fsp3) is 0.318. The van der Waals surface area contributed by atoms with Gasteiger partial charge in [-0.1, -0.05) is 19.9 Å². The molecular formula is C22H28N4O3. The number of nitrogens with zero attached hydrogens (tertiary/aromatic N) is 1. The molecule has 0 saturated heterocycles. The van der Waals surface area contributed by atoms with Crippen LogP contribution in [0.3, 0.4) is 0 Å². The van der Waals surface area contributed by atoms with Gasteiger partial charge in [0.2, 0.25) is 11.8 Å². The van der Waals surface area contributed by atoms with Crippen molar-refractivity contribution in [3.63, 3.8) is 0 Å². The zero-order chi connectivity index (χ0) is 21.4. The minimum Gasteiger partial charge on any atom is -0.376 e. The van der Waals surface area contributed by atoms with Gasteiger partial charge in [0.05, 0.1) is 6.54 Å². The highest BCUT2D eigenvalue weighted by Gasteiger charge is 2.09. The van der Waals surface area contributed by atoms with Gasteiger partial charge in [0.15, 0.2) is 0 Å². The normalized spacial score (nSPS) is 10.4. The van der Waals surface area contributed by atoms with E-state index in [1.807, 2.05) is 13.8 Å². The molecule has 0 aliphatic heterocycles. The van der Waals surface area contributed by atoms with Crippen LogP contribution in [0.15, 0.2) is 48.5 Å². The van der Waals surface area contributed by atoms with Crippen molar-refractivity contribution in [3.8, 4) is 0 Å². The minimum atomic E-state index is -0.217. The van der Waals surface area contributed by atoms with E-state index in [0.717, 1.165) is 0 Å². The van der Waals surface area contributed by atoms with Gasteiger partial charge in [0.25, 0.3) is 5.91 Å². The highest BCUT2D eigenvalue weighted by atomic mass is 16.2. The van der Waals surface area contributed by atoms with Crippen molar-refractivity contribution in [1.82, 2.24) is 4.90 Å². The van der Waals surface area contributed by atoms with Gasteiger partial charge in [0, 0.05) is 43.1 Å². The predicted octanol–water partition coefficient (Wildman–Crippen LogP) is 3.42. The van der Waals surface area contributed by atoms with E-state index >= 15 is 0 Å². The van der Waals surface area contributed by atoms with Crippen LogP contribution < -0.4 is 16.0 Å². The summed E-state index contributed by atoms with van der Waals surface area (Å²) >= 11 is 0. The lowest BCUT2D eigenvalue weighted by molar-refractivity contribution is -0.117. The van der Waals surface area contributed by atoms with Gasteiger partial charge in [-0.05, 0) is 48.4 Å². The minimum absolute atomic E-state index is 0.0315. The first kappa shape index (κ1) is 21.9. The molecule has 2 aromatic carbocycles. The van der Waals surface area contributed by atoms with Gasteiger partial charge >= 0.3 is 0 Å². The molecule has 0 aromatic heterocycles. The molecule has 0 spiro atoms. The lowest BCUT2D eigenvalue weighted by Crippen LogP contribution is -2.23. The second kappa shape index (κ2) is 10.3. The topological polar surface area (TPSA) is 90.5 Å². The van der Waals surface area contributed by atoms with Crippen LogP contribution in [0.1, 0.15) is 30.6 Å². The largest absolute Gasteiger partial charge is 0.376 e. The van der Waals surface area contributed by atoms with Crippen LogP contribution in [0.4, 0.5) is 17.1 Å². The van der Waals surface area contributed by atoms with Gasteiger partial charge in [-0.2, -0.15) is 0 Å². The number of anilines is 3. The lowest BCUT2D eigenvalue weighted by Gasteiger charge is -2.12. The van der Waals surface area contributed by atoms with E-state index in [4.69, 9.17) is 0 Å². The molecule has 7 nitrogen and oxygen atoms in total. The molecule has 154 valence electrons. The molecule has 2 rings (SSSR count). The molecule has 0 unspecified atom stereocenters. The van der Waals surface area contributed by atoms with Gasteiger partial charge < -0.3 is 20.9 Å². The molecular weight excluding hydrogens is 368 g/mol. The Labute approximate surface area is 171 Å². The molecule has 7 heteroatoms. The first-order valence-corrected chi connectivity index (χ1v) is 9.50. The van der Waals surface area contributed by atoms with Crippen LogP contribution in [-0.4, -0.2) is 43.3 Å². The standard InChI is InChI=1S/C22H28N4O3/c1-15(2)12-20(27)24-17-8-10-18(11-9-17)25-21(28)14-23-19-7-5-6-16(13-19)22(29)26(3)4/h5-11,13,15,23H,12,14H2,1-4H3,(H,24,27)(H,25,28). The third-order valence-electron chi connectivity index (χ3n) is 4.01. The lowest BCUT2D eigenvalue weighted by atomic mass is 10.1. The Morgan fingerprint density at radius 3 is 2.00 bits per heavy atom. The number of benzene rings is 2. The summed E-state index contributed by atoms with van der Waals surface area (Å²) in [5, 5.41) is 8.63. The summed E-state index contributed by atoms with van der Waals surface area (Å²) in [6.07, 6.45) is 0.464. The van der Waals surface area contributed by atoms with Crippen molar-refractivity contribution in [2.75, 3.05) is 36.6 Å². The Kier molecular flexibility index (Phi) is 7.77. The Morgan fingerprint density at radius 1 is 0.862 bits per heavy atom. The number of rotatable bonds is 8. The molecule has 0 aliphatic rings. The number of hydrogen-bond donors (Lipinski definition) is 3. The van der Waals surface area contributed by atoms with Crippen LogP contribution in [0.2, 0.25) is 0 Å². The van der Waals surface area contributed by atoms with Crippen molar-refractivity contribution >= 4 is 34.8 Å². The smallest absolute Gasteiger partial charge is 0.253 e. The molecule has 3 N–H and O–H groups in total. The van der Waals surface area contributed by atoms with E-state index in [1.165, 1.54) is 4.90 Å². The summed E-state index contributed by atoms with van der Waals surface area (Å²) in [7, 11) is 3.38. The molecule has 0 radical (unpaired) electrons. The number of nitrogens with one attached hydrogen (secondary N) is 3. The summed E-state index contributed by atoms with van der Waals surface area (Å²) in [6.45, 7) is 4.04. The van der Waals surface area contributed by atoms with Crippen molar-refractivity contribution in [2.45, 2.75) is 20.3 Å². The van der Waals surface area contributed by atoms with Crippen molar-refractivity contribution < 1.29 is 14.4 Å². The molecule has 0 fully saturated rings. The number of hydrogen-bond acceptors (Lipinski definition) is 4. The molecule has 2 aromatic rings. The first-order chi connectivity index (χ1) is 13.7. The molecule has 0 atom stereocenters. The molecule has 0 heterocycles. The van der Waals surface area contributed by atoms with Crippen molar-refractivity contribution in [3.05, 3.63) is 54.1 Å². The van der Waals surface area contributed by atoms with Gasteiger partial charge in [0.1, 0.15) is 0 Å². The molecule has 0 bridgehead atoms. The maximum absolute atomic E-state index is 12.2.